The van der Waals surface area contributed by atoms with Crippen LogP contribution in [0.15, 0.2) is 18.2 Å². The maximum atomic E-state index is 3.35. The maximum absolute atomic E-state index is 3.35. The van der Waals surface area contributed by atoms with Crippen molar-refractivity contribution >= 4 is 0 Å². The number of hydrogen-bond donors (Lipinski definition) is 1. The van der Waals surface area contributed by atoms with Gasteiger partial charge in [-0.15, -0.1) is 0 Å². The van der Waals surface area contributed by atoms with Crippen LogP contribution < -0.4 is 0 Å². The van der Waals surface area contributed by atoms with Crippen molar-refractivity contribution in [2.45, 2.75) is 19.8 Å². The number of nitrogens with one attached hydrogen (secondary N) is 1. The fraction of sp³-hybridized carbons (Fsp3) is 0.333. The average molecular weight is 133 g/mol. The molecule has 1 aromatic heterocycles. The summed E-state index contributed by atoms with van der Waals surface area (Å²) in [5.41, 5.74) is 4.16. The lowest BCUT2D eigenvalue weighted by Gasteiger charge is -2.02. The molecule has 1 N–H and O–H groups in total. The lowest BCUT2D eigenvalue weighted by molar-refractivity contribution is 1.04. The van der Waals surface area contributed by atoms with Crippen LogP contribution in [0.3, 0.4) is 0 Å². The lowest BCUT2D eigenvalue weighted by Crippen LogP contribution is -1.93. The molecule has 0 atom stereocenters. The molecule has 0 fully saturated rings. The van der Waals surface area contributed by atoms with Crippen molar-refractivity contribution in [1.82, 2.24) is 4.98 Å². The Morgan fingerprint density at radius 3 is 2.90 bits per heavy atom. The molecule has 1 heterocycles. The molecule has 0 unspecified atom stereocenters. The van der Waals surface area contributed by atoms with Crippen molar-refractivity contribution in [3.63, 3.8) is 0 Å². The Balaban J connectivity index is 2.46. The van der Waals surface area contributed by atoms with Gasteiger partial charge in [0, 0.05) is 17.8 Å². The van der Waals surface area contributed by atoms with E-state index in [2.05, 4.69) is 30.1 Å². The van der Waals surface area contributed by atoms with Gasteiger partial charge < -0.3 is 4.98 Å². The molecular formula is C9H11N. The summed E-state index contributed by atoms with van der Waals surface area (Å²) in [6.45, 7) is 2.11. The minimum atomic E-state index is 1.09. The van der Waals surface area contributed by atoms with E-state index in [9.17, 15) is 0 Å². The summed E-state index contributed by atoms with van der Waals surface area (Å²) in [4.78, 5) is 3.35. The van der Waals surface area contributed by atoms with Gasteiger partial charge in [-0.2, -0.15) is 0 Å². The highest BCUT2D eigenvalue weighted by Crippen LogP contribution is 2.16. The molecule has 10 heavy (non-hydrogen) atoms. The summed E-state index contributed by atoms with van der Waals surface area (Å²) < 4.78 is 0. The minimum Gasteiger partial charge on any atom is -0.362 e. The van der Waals surface area contributed by atoms with E-state index in [-0.39, 0.29) is 0 Å². The second-order valence-corrected chi connectivity index (χ2v) is 2.84. The zero-order valence-corrected chi connectivity index (χ0v) is 6.15. The fourth-order valence-electron chi connectivity index (χ4n) is 1.48. The predicted molar refractivity (Wildman–Crippen MR) is 42.1 cm³/mol. The number of hydrogen-bond acceptors (Lipinski definition) is 0. The molecule has 0 bridgehead atoms. The number of fused-ring (bicyclic) bond motifs is 1. The van der Waals surface area contributed by atoms with Gasteiger partial charge in [0.2, 0.25) is 0 Å². The fourth-order valence-corrected chi connectivity index (χ4v) is 1.48. The topological polar surface area (TPSA) is 15.8 Å². The van der Waals surface area contributed by atoms with Crippen molar-refractivity contribution in [3.05, 3.63) is 35.2 Å². The van der Waals surface area contributed by atoms with E-state index in [0.717, 1.165) is 12.8 Å². The minimum absolute atomic E-state index is 1.09. The molecule has 52 valence electrons. The molecular weight excluding hydrogens is 122 g/mol. The Labute approximate surface area is 60.8 Å². The van der Waals surface area contributed by atoms with E-state index in [1.54, 1.807) is 0 Å². The van der Waals surface area contributed by atoms with E-state index in [1.165, 1.54) is 17.0 Å². The highest BCUT2D eigenvalue weighted by atomic mass is 14.7. The molecule has 0 amide bonds. The number of aryl methyl sites for hydroxylation is 1. The molecule has 0 saturated carbocycles. The first-order valence-corrected chi connectivity index (χ1v) is 3.68. The molecule has 1 heteroatoms. The number of aromatic amines is 1. The Kier molecular flexibility index (Phi) is 1.16. The maximum Gasteiger partial charge on any atom is 0.0223 e. The quantitative estimate of drug-likeness (QED) is 0.521. The molecule has 0 aromatic carbocycles. The largest absolute Gasteiger partial charge is 0.362 e. The third-order valence-electron chi connectivity index (χ3n) is 1.95. The summed E-state index contributed by atoms with van der Waals surface area (Å²) in [7, 11) is 0. The van der Waals surface area contributed by atoms with Gasteiger partial charge in [-0.25, -0.2) is 0 Å². The van der Waals surface area contributed by atoms with Gasteiger partial charge in [0.25, 0.3) is 0 Å². The molecule has 2 rings (SSSR count). The van der Waals surface area contributed by atoms with E-state index >= 15 is 0 Å². The van der Waals surface area contributed by atoms with Crippen molar-refractivity contribution in [2.75, 3.05) is 0 Å². The van der Waals surface area contributed by atoms with Crippen molar-refractivity contribution in [2.24, 2.45) is 0 Å². The highest BCUT2D eigenvalue weighted by molar-refractivity contribution is 5.31. The Morgan fingerprint density at radius 1 is 1.30 bits per heavy atom. The first-order valence-electron chi connectivity index (χ1n) is 3.68. The van der Waals surface area contributed by atoms with Crippen molar-refractivity contribution < 1.29 is 0 Å². The molecule has 0 aliphatic heterocycles. The SMILES string of the molecule is Cc1cc2c([nH]1)CC=CC2. The summed E-state index contributed by atoms with van der Waals surface area (Å²) in [5.74, 6) is 0. The predicted octanol–water partition coefficient (Wildman–Crippen LogP) is 1.98. The Morgan fingerprint density at radius 2 is 2.10 bits per heavy atom. The highest BCUT2D eigenvalue weighted by Gasteiger charge is 2.05. The molecule has 1 aromatic rings. The number of H-pyrrole nitrogens is 1. The third-order valence-corrected chi connectivity index (χ3v) is 1.95. The van der Waals surface area contributed by atoms with Gasteiger partial charge in [-0.3, -0.25) is 0 Å². The van der Waals surface area contributed by atoms with Crippen molar-refractivity contribution in [3.8, 4) is 0 Å². The molecule has 0 spiro atoms. The first-order chi connectivity index (χ1) is 4.86. The van der Waals surface area contributed by atoms with Gasteiger partial charge in [0.05, 0.1) is 0 Å². The van der Waals surface area contributed by atoms with Gasteiger partial charge >= 0.3 is 0 Å². The standard InChI is InChI=1S/C9H11N/c1-7-6-8-4-2-3-5-9(8)10-7/h2-3,6,10H,4-5H2,1H3. The number of aromatic nitrogens is 1. The van der Waals surface area contributed by atoms with Crippen molar-refractivity contribution in [1.29, 1.82) is 0 Å². The lowest BCUT2D eigenvalue weighted by atomic mass is 10.1. The molecule has 1 nitrogen and oxygen atoms in total. The monoisotopic (exact) mass is 133 g/mol. The normalized spacial score (nSPS) is 15.3. The van der Waals surface area contributed by atoms with Crippen LogP contribution in [0, 0.1) is 6.92 Å². The molecule has 0 saturated heterocycles. The van der Waals surface area contributed by atoms with Crippen LogP contribution in [0.2, 0.25) is 0 Å². The second-order valence-electron chi connectivity index (χ2n) is 2.84. The average Bonchev–Trinajstić information content (AvgIpc) is 2.27. The second kappa shape index (κ2) is 2.01. The van der Waals surface area contributed by atoms with Gasteiger partial charge in [-0.1, -0.05) is 12.2 Å². The zero-order valence-electron chi connectivity index (χ0n) is 6.15. The third kappa shape index (κ3) is 0.783. The van der Waals surface area contributed by atoms with Crippen LogP contribution in [0.1, 0.15) is 17.0 Å². The number of allylic oxidation sites excluding steroid dienone is 2. The van der Waals surface area contributed by atoms with Gasteiger partial charge in [-0.05, 0) is 25.0 Å². The summed E-state index contributed by atoms with van der Waals surface area (Å²) >= 11 is 0. The van der Waals surface area contributed by atoms with Crippen LogP contribution in [0.4, 0.5) is 0 Å². The zero-order chi connectivity index (χ0) is 6.97. The summed E-state index contributed by atoms with van der Waals surface area (Å²) in [6.07, 6.45) is 6.65. The summed E-state index contributed by atoms with van der Waals surface area (Å²) in [6, 6.07) is 2.23. The van der Waals surface area contributed by atoms with E-state index in [1.807, 2.05) is 0 Å². The van der Waals surface area contributed by atoms with Crippen LogP contribution in [-0.2, 0) is 12.8 Å². The molecule has 1 aliphatic carbocycles. The van der Waals surface area contributed by atoms with Crippen LogP contribution in [-0.4, -0.2) is 4.98 Å². The van der Waals surface area contributed by atoms with Gasteiger partial charge in [0.1, 0.15) is 0 Å². The Bertz CT molecular complexity index is 243. The van der Waals surface area contributed by atoms with Gasteiger partial charge in [0.15, 0.2) is 0 Å². The van der Waals surface area contributed by atoms with E-state index in [0.29, 0.717) is 0 Å². The number of rotatable bonds is 0. The first kappa shape index (κ1) is 5.78. The summed E-state index contributed by atoms with van der Waals surface area (Å²) in [5, 5.41) is 0. The Hall–Kier alpha value is -0.980. The molecule has 1 aliphatic rings. The van der Waals surface area contributed by atoms with Crippen LogP contribution in [0.25, 0.3) is 0 Å². The van der Waals surface area contributed by atoms with Crippen LogP contribution >= 0.6 is 0 Å². The van der Waals surface area contributed by atoms with E-state index in [4.69, 9.17) is 0 Å². The van der Waals surface area contributed by atoms with Crippen LogP contribution in [0.5, 0.6) is 0 Å². The molecule has 0 radical (unpaired) electrons. The smallest absolute Gasteiger partial charge is 0.0223 e. The van der Waals surface area contributed by atoms with E-state index < -0.39 is 0 Å².